The molecule has 0 saturated heterocycles. The van der Waals surface area contributed by atoms with Gasteiger partial charge in [0, 0.05) is 12.3 Å². The number of hydrogen-bond acceptors (Lipinski definition) is 6. The number of benzene rings is 2. The number of nitriles is 1. The fraction of sp³-hybridized carbons (Fsp3) is 0.0588. The van der Waals surface area contributed by atoms with Gasteiger partial charge in [-0.15, -0.1) is 0 Å². The first-order chi connectivity index (χ1) is 11.6. The van der Waals surface area contributed by atoms with Crippen LogP contribution < -0.4 is 5.32 Å². The van der Waals surface area contributed by atoms with Crippen molar-refractivity contribution < 1.29 is 9.34 Å². The van der Waals surface area contributed by atoms with Gasteiger partial charge in [-0.3, -0.25) is 10.1 Å². The van der Waals surface area contributed by atoms with Gasteiger partial charge in [0.25, 0.3) is 5.69 Å². The maximum atomic E-state index is 11.1. The van der Waals surface area contributed by atoms with Gasteiger partial charge >= 0.3 is 0 Å². The molecule has 1 aromatic heterocycles. The summed E-state index contributed by atoms with van der Waals surface area (Å²) in [4.78, 5) is 14.9. The van der Waals surface area contributed by atoms with E-state index in [1.807, 2.05) is 12.1 Å². The molecular formula is C17H12N4O3. The fourth-order valence-corrected chi connectivity index (χ4v) is 2.19. The van der Waals surface area contributed by atoms with Crippen molar-refractivity contribution in [1.82, 2.24) is 4.98 Å². The zero-order chi connectivity index (χ0) is 17.1. The quantitative estimate of drug-likeness (QED) is 0.442. The molecule has 118 valence electrons. The number of oxazole rings is 1. The summed E-state index contributed by atoms with van der Waals surface area (Å²) < 4.78 is 5.53. The Bertz CT molecular complexity index is 965. The Kier molecular flexibility index (Phi) is 3.95. The van der Waals surface area contributed by atoms with E-state index >= 15 is 0 Å². The van der Waals surface area contributed by atoms with Crippen LogP contribution in [0.15, 0.2) is 53.1 Å². The molecule has 7 nitrogen and oxygen atoms in total. The number of fused-ring (bicyclic) bond motifs is 1. The van der Waals surface area contributed by atoms with Crippen molar-refractivity contribution in [1.29, 1.82) is 5.26 Å². The molecular weight excluding hydrogens is 308 g/mol. The molecule has 24 heavy (non-hydrogen) atoms. The molecule has 0 aliphatic rings. The zero-order valence-corrected chi connectivity index (χ0v) is 12.7. The van der Waals surface area contributed by atoms with Crippen LogP contribution in [0, 0.1) is 28.4 Å². The van der Waals surface area contributed by atoms with Gasteiger partial charge in [-0.05, 0) is 30.7 Å². The molecule has 0 spiro atoms. The van der Waals surface area contributed by atoms with E-state index in [2.05, 4.69) is 10.3 Å². The minimum atomic E-state index is -0.478. The third-order valence-electron chi connectivity index (χ3n) is 3.37. The molecule has 2 aromatic carbocycles. The van der Waals surface area contributed by atoms with E-state index in [0.717, 1.165) is 5.56 Å². The molecule has 7 heteroatoms. The number of nitrogens with one attached hydrogen (secondary N) is 1. The molecule has 0 bridgehead atoms. The minimum Gasteiger partial charge on any atom is -0.435 e. The van der Waals surface area contributed by atoms with Crippen molar-refractivity contribution >= 4 is 28.0 Å². The number of hydrogen-bond donors (Lipinski definition) is 1. The molecule has 1 heterocycles. The Balaban J connectivity index is 1.95. The lowest BCUT2D eigenvalue weighted by atomic mass is 10.2. The highest BCUT2D eigenvalue weighted by Gasteiger charge is 2.14. The predicted molar refractivity (Wildman–Crippen MR) is 89.1 cm³/mol. The highest BCUT2D eigenvalue weighted by atomic mass is 16.6. The van der Waals surface area contributed by atoms with Gasteiger partial charge in [0.15, 0.2) is 5.58 Å². The van der Waals surface area contributed by atoms with Crippen molar-refractivity contribution in [2.24, 2.45) is 0 Å². The molecule has 0 aliphatic heterocycles. The van der Waals surface area contributed by atoms with Gasteiger partial charge < -0.3 is 9.73 Å². The number of para-hydroxylation sites is 2. The molecule has 0 aliphatic carbocycles. The van der Waals surface area contributed by atoms with E-state index in [0.29, 0.717) is 11.1 Å². The molecule has 0 fully saturated rings. The van der Waals surface area contributed by atoms with Gasteiger partial charge in [0.05, 0.1) is 4.92 Å². The second kappa shape index (κ2) is 6.22. The molecule has 1 N–H and O–H groups in total. The van der Waals surface area contributed by atoms with E-state index in [-0.39, 0.29) is 22.8 Å². The van der Waals surface area contributed by atoms with E-state index in [4.69, 9.17) is 4.42 Å². The predicted octanol–water partition coefficient (Wildman–Crippen LogP) is 4.02. The van der Waals surface area contributed by atoms with Gasteiger partial charge in [-0.1, -0.05) is 18.2 Å². The number of aryl methyl sites for hydroxylation is 1. The summed E-state index contributed by atoms with van der Waals surface area (Å²) in [5.74, 6) is 0.154. The normalized spacial score (nSPS) is 11.2. The van der Waals surface area contributed by atoms with Crippen molar-refractivity contribution in [3.05, 3.63) is 70.2 Å². The highest BCUT2D eigenvalue weighted by molar-refractivity contribution is 5.80. The molecule has 0 atom stereocenters. The summed E-state index contributed by atoms with van der Waals surface area (Å²) in [5.41, 5.74) is 2.33. The fourth-order valence-electron chi connectivity index (χ4n) is 2.19. The molecule has 0 amide bonds. The van der Waals surface area contributed by atoms with E-state index in [1.54, 1.807) is 37.3 Å². The summed E-state index contributed by atoms with van der Waals surface area (Å²) in [7, 11) is 0. The Hall–Kier alpha value is -3.66. The van der Waals surface area contributed by atoms with Gasteiger partial charge in [-0.2, -0.15) is 5.26 Å². The van der Waals surface area contributed by atoms with Crippen LogP contribution in [0.1, 0.15) is 11.5 Å². The number of allylic oxidation sites excluding steroid dienone is 1. The third kappa shape index (κ3) is 2.94. The van der Waals surface area contributed by atoms with E-state index in [9.17, 15) is 15.4 Å². The lowest BCUT2D eigenvalue weighted by molar-refractivity contribution is -0.384. The maximum Gasteiger partial charge on any atom is 0.292 e. The summed E-state index contributed by atoms with van der Waals surface area (Å²) >= 11 is 0. The van der Waals surface area contributed by atoms with Crippen LogP contribution in [0.25, 0.3) is 16.7 Å². The Morgan fingerprint density at radius 3 is 2.88 bits per heavy atom. The lowest BCUT2D eigenvalue weighted by Crippen LogP contribution is -1.97. The smallest absolute Gasteiger partial charge is 0.292 e. The Labute approximate surface area is 137 Å². The van der Waals surface area contributed by atoms with E-state index in [1.165, 1.54) is 12.3 Å². The molecule has 0 saturated carbocycles. The van der Waals surface area contributed by atoms with Crippen molar-refractivity contribution in [2.45, 2.75) is 6.92 Å². The number of rotatable bonds is 4. The summed E-state index contributed by atoms with van der Waals surface area (Å²) in [6.07, 6.45) is 1.35. The summed E-state index contributed by atoms with van der Waals surface area (Å²) in [6, 6.07) is 13.9. The largest absolute Gasteiger partial charge is 0.435 e. The summed E-state index contributed by atoms with van der Waals surface area (Å²) in [5, 5.41) is 23.2. The third-order valence-corrected chi connectivity index (χ3v) is 3.37. The number of nitro benzene ring substituents is 1. The van der Waals surface area contributed by atoms with Gasteiger partial charge in [0.1, 0.15) is 22.8 Å². The highest BCUT2D eigenvalue weighted by Crippen LogP contribution is 2.26. The van der Waals surface area contributed by atoms with Crippen LogP contribution in [0.3, 0.4) is 0 Å². The second-order valence-corrected chi connectivity index (χ2v) is 5.08. The van der Waals surface area contributed by atoms with Crippen LogP contribution >= 0.6 is 0 Å². The number of aromatic nitrogens is 1. The molecule has 3 aromatic rings. The van der Waals surface area contributed by atoms with Crippen molar-refractivity contribution in [3.63, 3.8) is 0 Å². The monoisotopic (exact) mass is 320 g/mol. The summed E-state index contributed by atoms with van der Waals surface area (Å²) in [6.45, 7) is 1.77. The number of anilines is 1. The van der Waals surface area contributed by atoms with Crippen LogP contribution in [0.5, 0.6) is 0 Å². The van der Waals surface area contributed by atoms with Gasteiger partial charge in [-0.25, -0.2) is 4.98 Å². The van der Waals surface area contributed by atoms with Crippen LogP contribution in [0.2, 0.25) is 0 Å². The average molecular weight is 320 g/mol. The van der Waals surface area contributed by atoms with Crippen LogP contribution in [-0.4, -0.2) is 9.91 Å². The minimum absolute atomic E-state index is 0.0684. The maximum absolute atomic E-state index is 11.1. The second-order valence-electron chi connectivity index (χ2n) is 5.08. The average Bonchev–Trinajstić information content (AvgIpc) is 3.00. The number of nitro groups is 1. The van der Waals surface area contributed by atoms with Crippen molar-refractivity contribution in [2.75, 3.05) is 5.32 Å². The van der Waals surface area contributed by atoms with Crippen molar-refractivity contribution in [3.8, 4) is 6.07 Å². The number of nitrogens with zero attached hydrogens (tertiary/aromatic N) is 3. The van der Waals surface area contributed by atoms with Crippen LogP contribution in [0.4, 0.5) is 11.4 Å². The van der Waals surface area contributed by atoms with Gasteiger partial charge in [0.2, 0.25) is 5.89 Å². The first kappa shape index (κ1) is 15.2. The SMILES string of the molecule is Cc1ccc(N/C=C(/C#N)c2nc3ccccc3o2)c([N+](=O)[O-])c1. The topological polar surface area (TPSA) is 105 Å². The lowest BCUT2D eigenvalue weighted by Gasteiger charge is -2.03. The molecule has 3 rings (SSSR count). The standard InChI is InChI=1S/C17H12N4O3/c1-11-6-7-13(15(8-11)21(22)23)19-10-12(9-18)17-20-14-4-2-3-5-16(14)24-17/h2-8,10,19H,1H3/b12-10-. The van der Waals surface area contributed by atoms with Crippen LogP contribution in [-0.2, 0) is 0 Å². The molecule has 0 unspecified atom stereocenters. The zero-order valence-electron chi connectivity index (χ0n) is 12.7. The Morgan fingerprint density at radius 1 is 1.38 bits per heavy atom. The molecule has 0 radical (unpaired) electrons. The van der Waals surface area contributed by atoms with E-state index < -0.39 is 4.92 Å². The Morgan fingerprint density at radius 2 is 2.17 bits per heavy atom. The first-order valence-electron chi connectivity index (χ1n) is 7.06. The first-order valence-corrected chi connectivity index (χ1v) is 7.06.